The summed E-state index contributed by atoms with van der Waals surface area (Å²) in [7, 11) is 0. The maximum atomic E-state index is 12.1. The van der Waals surface area contributed by atoms with Crippen LogP contribution in [0.25, 0.3) is 10.6 Å². The molecule has 0 unspecified atom stereocenters. The van der Waals surface area contributed by atoms with Crippen LogP contribution in [0.2, 0.25) is 0 Å². The number of nitrogens with one attached hydrogen (secondary N) is 1. The largest absolute Gasteiger partial charge is 0.458 e. The summed E-state index contributed by atoms with van der Waals surface area (Å²) in [6, 6.07) is 15.4. The highest BCUT2D eigenvalue weighted by atomic mass is 32.1. The standard InChI is InChI=1S/C17H15NO2S/c1-12-4-2-5-13(10-12)17(19)18-11-14-7-8-15(20-14)16-6-3-9-21-16/h2-10H,11H2,1H3,(H,18,19). The van der Waals surface area contributed by atoms with Crippen molar-refractivity contribution < 1.29 is 9.21 Å². The van der Waals surface area contributed by atoms with Gasteiger partial charge in [-0.05, 0) is 42.6 Å². The summed E-state index contributed by atoms with van der Waals surface area (Å²) in [5.74, 6) is 1.50. The van der Waals surface area contributed by atoms with Crippen LogP contribution in [0.4, 0.5) is 0 Å². The van der Waals surface area contributed by atoms with Gasteiger partial charge in [-0.1, -0.05) is 23.8 Å². The molecule has 0 aliphatic carbocycles. The summed E-state index contributed by atoms with van der Waals surface area (Å²) in [5.41, 5.74) is 1.74. The minimum absolute atomic E-state index is 0.0900. The number of thiophene rings is 1. The Bertz CT molecular complexity index is 744. The van der Waals surface area contributed by atoms with E-state index in [1.165, 1.54) is 0 Å². The van der Waals surface area contributed by atoms with E-state index >= 15 is 0 Å². The van der Waals surface area contributed by atoms with Crippen molar-refractivity contribution in [3.63, 3.8) is 0 Å². The molecule has 3 aromatic rings. The Morgan fingerprint density at radius 2 is 2.10 bits per heavy atom. The quantitative estimate of drug-likeness (QED) is 0.782. The van der Waals surface area contributed by atoms with Gasteiger partial charge in [0.2, 0.25) is 0 Å². The number of carbonyl (C=O) groups excluding carboxylic acids is 1. The van der Waals surface area contributed by atoms with E-state index in [2.05, 4.69) is 5.32 Å². The fourth-order valence-corrected chi connectivity index (χ4v) is 2.77. The van der Waals surface area contributed by atoms with Gasteiger partial charge in [0.1, 0.15) is 11.5 Å². The zero-order valence-electron chi connectivity index (χ0n) is 11.6. The second-order valence-corrected chi connectivity index (χ2v) is 5.74. The van der Waals surface area contributed by atoms with Crippen LogP contribution in [0.1, 0.15) is 21.7 Å². The molecule has 0 saturated heterocycles. The van der Waals surface area contributed by atoms with Crippen LogP contribution in [0.3, 0.4) is 0 Å². The molecule has 0 aliphatic heterocycles. The fourth-order valence-electron chi connectivity index (χ4n) is 2.08. The molecule has 1 N–H and O–H groups in total. The van der Waals surface area contributed by atoms with Crippen molar-refractivity contribution in [2.24, 2.45) is 0 Å². The Labute approximate surface area is 127 Å². The van der Waals surface area contributed by atoms with Crippen LogP contribution in [0.5, 0.6) is 0 Å². The van der Waals surface area contributed by atoms with Crippen molar-refractivity contribution in [3.8, 4) is 10.6 Å². The van der Waals surface area contributed by atoms with Gasteiger partial charge in [-0.25, -0.2) is 0 Å². The lowest BCUT2D eigenvalue weighted by molar-refractivity contribution is 0.0948. The van der Waals surface area contributed by atoms with Gasteiger partial charge in [0.15, 0.2) is 0 Å². The van der Waals surface area contributed by atoms with Gasteiger partial charge in [-0.15, -0.1) is 11.3 Å². The summed E-state index contributed by atoms with van der Waals surface area (Å²) in [6.45, 7) is 2.36. The zero-order chi connectivity index (χ0) is 14.7. The summed E-state index contributed by atoms with van der Waals surface area (Å²) < 4.78 is 5.73. The first-order valence-electron chi connectivity index (χ1n) is 6.70. The van der Waals surface area contributed by atoms with Crippen molar-refractivity contribution >= 4 is 17.2 Å². The maximum absolute atomic E-state index is 12.1. The van der Waals surface area contributed by atoms with Crippen LogP contribution in [-0.4, -0.2) is 5.91 Å². The number of benzene rings is 1. The van der Waals surface area contributed by atoms with Crippen LogP contribution in [0, 0.1) is 6.92 Å². The predicted octanol–water partition coefficient (Wildman–Crippen LogP) is 4.25. The topological polar surface area (TPSA) is 42.2 Å². The highest BCUT2D eigenvalue weighted by Crippen LogP contribution is 2.26. The van der Waals surface area contributed by atoms with E-state index in [0.717, 1.165) is 22.0 Å². The Kier molecular flexibility index (Phi) is 3.88. The van der Waals surface area contributed by atoms with Crippen LogP contribution >= 0.6 is 11.3 Å². The van der Waals surface area contributed by atoms with Crippen molar-refractivity contribution in [2.75, 3.05) is 0 Å². The first-order valence-corrected chi connectivity index (χ1v) is 7.58. The fraction of sp³-hybridized carbons (Fsp3) is 0.118. The summed E-state index contributed by atoms with van der Waals surface area (Å²) >= 11 is 1.63. The molecule has 3 nitrogen and oxygen atoms in total. The third-order valence-electron chi connectivity index (χ3n) is 3.13. The minimum atomic E-state index is -0.0900. The smallest absolute Gasteiger partial charge is 0.251 e. The third kappa shape index (κ3) is 3.23. The molecule has 0 fully saturated rings. The van der Waals surface area contributed by atoms with E-state index in [1.54, 1.807) is 11.3 Å². The van der Waals surface area contributed by atoms with E-state index in [9.17, 15) is 4.79 Å². The molecule has 0 atom stereocenters. The van der Waals surface area contributed by atoms with Gasteiger partial charge in [-0.3, -0.25) is 4.79 Å². The molecule has 106 valence electrons. The normalized spacial score (nSPS) is 10.5. The highest BCUT2D eigenvalue weighted by molar-refractivity contribution is 7.13. The molecular weight excluding hydrogens is 282 g/mol. The number of aryl methyl sites for hydroxylation is 1. The molecular formula is C17H15NO2S. The molecule has 0 aliphatic rings. The summed E-state index contributed by atoms with van der Waals surface area (Å²) in [6.07, 6.45) is 0. The average Bonchev–Trinajstić information content (AvgIpc) is 3.15. The van der Waals surface area contributed by atoms with Crippen molar-refractivity contribution in [2.45, 2.75) is 13.5 Å². The lowest BCUT2D eigenvalue weighted by Gasteiger charge is -2.04. The van der Waals surface area contributed by atoms with Crippen molar-refractivity contribution in [1.82, 2.24) is 5.32 Å². The van der Waals surface area contributed by atoms with E-state index in [-0.39, 0.29) is 5.91 Å². The number of hydrogen-bond donors (Lipinski definition) is 1. The number of rotatable bonds is 4. The Hall–Kier alpha value is -2.33. The van der Waals surface area contributed by atoms with Gasteiger partial charge in [0, 0.05) is 5.56 Å². The molecule has 21 heavy (non-hydrogen) atoms. The van der Waals surface area contributed by atoms with Gasteiger partial charge in [0.25, 0.3) is 5.91 Å². The van der Waals surface area contributed by atoms with E-state index < -0.39 is 0 Å². The summed E-state index contributed by atoms with van der Waals surface area (Å²) in [4.78, 5) is 13.1. The Balaban J connectivity index is 1.64. The highest BCUT2D eigenvalue weighted by Gasteiger charge is 2.08. The van der Waals surface area contributed by atoms with Gasteiger partial charge >= 0.3 is 0 Å². The Morgan fingerprint density at radius 3 is 2.86 bits per heavy atom. The third-order valence-corrected chi connectivity index (χ3v) is 4.01. The monoisotopic (exact) mass is 297 g/mol. The van der Waals surface area contributed by atoms with E-state index in [4.69, 9.17) is 4.42 Å². The van der Waals surface area contributed by atoms with Crippen LogP contribution in [0.15, 0.2) is 58.3 Å². The zero-order valence-corrected chi connectivity index (χ0v) is 12.4. The predicted molar refractivity (Wildman–Crippen MR) is 84.4 cm³/mol. The maximum Gasteiger partial charge on any atom is 0.251 e. The molecule has 0 saturated carbocycles. The molecule has 1 amide bonds. The SMILES string of the molecule is Cc1cccc(C(=O)NCc2ccc(-c3cccs3)o2)c1. The first kappa shape index (κ1) is 13.6. The van der Waals surface area contributed by atoms with E-state index in [0.29, 0.717) is 12.1 Å². The van der Waals surface area contributed by atoms with Crippen molar-refractivity contribution in [1.29, 1.82) is 0 Å². The lowest BCUT2D eigenvalue weighted by Crippen LogP contribution is -2.22. The molecule has 2 heterocycles. The van der Waals surface area contributed by atoms with Crippen LogP contribution in [-0.2, 0) is 6.54 Å². The summed E-state index contributed by atoms with van der Waals surface area (Å²) in [5, 5.41) is 4.88. The molecule has 4 heteroatoms. The molecule has 1 aromatic carbocycles. The average molecular weight is 297 g/mol. The molecule has 0 radical (unpaired) electrons. The molecule has 0 bridgehead atoms. The number of furan rings is 1. The van der Waals surface area contributed by atoms with E-state index in [1.807, 2.05) is 60.8 Å². The lowest BCUT2D eigenvalue weighted by atomic mass is 10.1. The van der Waals surface area contributed by atoms with Gasteiger partial charge in [0.05, 0.1) is 11.4 Å². The number of amides is 1. The second-order valence-electron chi connectivity index (χ2n) is 4.80. The second kappa shape index (κ2) is 5.97. The van der Waals surface area contributed by atoms with Crippen molar-refractivity contribution in [3.05, 3.63) is 70.8 Å². The number of carbonyl (C=O) groups is 1. The van der Waals surface area contributed by atoms with Gasteiger partial charge < -0.3 is 9.73 Å². The number of hydrogen-bond acceptors (Lipinski definition) is 3. The van der Waals surface area contributed by atoms with Gasteiger partial charge in [-0.2, -0.15) is 0 Å². The molecule has 0 spiro atoms. The molecule has 2 aromatic heterocycles. The first-order chi connectivity index (χ1) is 10.2. The van der Waals surface area contributed by atoms with Crippen LogP contribution < -0.4 is 5.32 Å². The Morgan fingerprint density at radius 1 is 1.19 bits per heavy atom. The molecule has 3 rings (SSSR count). The minimum Gasteiger partial charge on any atom is -0.458 e.